The topological polar surface area (TPSA) is 63.1 Å². The van der Waals surface area contributed by atoms with Gasteiger partial charge in [-0.2, -0.15) is 0 Å². The van der Waals surface area contributed by atoms with Crippen molar-refractivity contribution in [3.05, 3.63) is 70.0 Å². The van der Waals surface area contributed by atoms with E-state index < -0.39 is 5.76 Å². The van der Waals surface area contributed by atoms with Crippen molar-refractivity contribution in [2.24, 2.45) is 0 Å². The molecule has 0 bridgehead atoms. The van der Waals surface area contributed by atoms with Gasteiger partial charge < -0.3 is 4.42 Å². The van der Waals surface area contributed by atoms with Gasteiger partial charge in [0.2, 0.25) is 0 Å². The summed E-state index contributed by atoms with van der Waals surface area (Å²) in [7, 11) is 0. The normalized spacial score (nSPS) is 10.9. The highest BCUT2D eigenvalue weighted by Crippen LogP contribution is 2.14. The molecule has 0 radical (unpaired) electrons. The summed E-state index contributed by atoms with van der Waals surface area (Å²) in [6.45, 7) is 0. The minimum absolute atomic E-state index is 0.0128. The van der Waals surface area contributed by atoms with Crippen molar-refractivity contribution in [2.45, 2.75) is 12.8 Å². The summed E-state index contributed by atoms with van der Waals surface area (Å²) in [5.74, 6) is -0.822. The largest absolute Gasteiger partial charge is 0.417 e. The molecule has 3 aromatic rings. The predicted molar refractivity (Wildman–Crippen MR) is 75.6 cm³/mol. The second-order valence-corrected chi connectivity index (χ2v) is 4.86. The molecule has 106 valence electrons. The number of Topliss-reactive ketones (excluding diaryl/α,β-unsaturated/α-hetero) is 1. The molecule has 0 unspecified atom stereocenters. The van der Waals surface area contributed by atoms with Crippen LogP contribution in [0.4, 0.5) is 4.39 Å². The number of oxazole rings is 1. The average Bonchev–Trinajstić information content (AvgIpc) is 2.80. The van der Waals surface area contributed by atoms with Crippen molar-refractivity contribution in [2.75, 3.05) is 0 Å². The molecule has 2 aromatic carbocycles. The molecule has 0 aliphatic heterocycles. The SMILES string of the molecule is O=C(Cc1ccc(F)cc1)Cc1ccc2[nH]c(=O)oc2c1. The van der Waals surface area contributed by atoms with Gasteiger partial charge >= 0.3 is 5.76 Å². The lowest BCUT2D eigenvalue weighted by Crippen LogP contribution is -2.06. The van der Waals surface area contributed by atoms with Crippen LogP contribution < -0.4 is 5.76 Å². The smallest absolute Gasteiger partial charge is 0.408 e. The zero-order valence-corrected chi connectivity index (χ0v) is 11.1. The first-order chi connectivity index (χ1) is 10.1. The van der Waals surface area contributed by atoms with Crippen LogP contribution >= 0.6 is 0 Å². The Kier molecular flexibility index (Phi) is 3.39. The summed E-state index contributed by atoms with van der Waals surface area (Å²) in [6, 6.07) is 11.0. The number of ketones is 1. The Morgan fingerprint density at radius 3 is 2.48 bits per heavy atom. The van der Waals surface area contributed by atoms with Gasteiger partial charge in [0.15, 0.2) is 5.58 Å². The molecule has 1 aromatic heterocycles. The van der Waals surface area contributed by atoms with Gasteiger partial charge in [-0.1, -0.05) is 18.2 Å². The van der Waals surface area contributed by atoms with Crippen LogP contribution in [0.5, 0.6) is 0 Å². The van der Waals surface area contributed by atoms with Crippen LogP contribution in [0.15, 0.2) is 51.7 Å². The van der Waals surface area contributed by atoms with E-state index in [4.69, 9.17) is 4.42 Å². The van der Waals surface area contributed by atoms with E-state index >= 15 is 0 Å². The maximum absolute atomic E-state index is 12.8. The number of rotatable bonds is 4. The molecule has 3 rings (SSSR count). The van der Waals surface area contributed by atoms with Crippen LogP contribution in [-0.2, 0) is 17.6 Å². The molecule has 0 saturated heterocycles. The Labute approximate surface area is 119 Å². The lowest BCUT2D eigenvalue weighted by Gasteiger charge is -2.02. The van der Waals surface area contributed by atoms with Gasteiger partial charge in [-0.15, -0.1) is 0 Å². The van der Waals surface area contributed by atoms with Gasteiger partial charge in [0, 0.05) is 12.8 Å². The first kappa shape index (κ1) is 13.3. The molecule has 0 atom stereocenters. The van der Waals surface area contributed by atoms with Gasteiger partial charge in [-0.25, -0.2) is 9.18 Å². The third kappa shape index (κ3) is 3.08. The number of benzene rings is 2. The molecule has 0 spiro atoms. The zero-order valence-electron chi connectivity index (χ0n) is 11.1. The number of hydrogen-bond donors (Lipinski definition) is 1. The molecule has 5 heteroatoms. The maximum atomic E-state index is 12.8. The van der Waals surface area contributed by atoms with Crippen LogP contribution in [0.3, 0.4) is 0 Å². The number of H-pyrrole nitrogens is 1. The summed E-state index contributed by atoms with van der Waals surface area (Å²) in [5.41, 5.74) is 2.59. The lowest BCUT2D eigenvalue weighted by molar-refractivity contribution is -0.117. The molecule has 0 aliphatic carbocycles. The highest BCUT2D eigenvalue weighted by atomic mass is 19.1. The van der Waals surface area contributed by atoms with Crippen LogP contribution in [0, 0.1) is 5.82 Å². The first-order valence-corrected chi connectivity index (χ1v) is 6.48. The minimum Gasteiger partial charge on any atom is -0.408 e. The number of aromatic nitrogens is 1. The van der Waals surface area contributed by atoms with Crippen molar-refractivity contribution in [1.29, 1.82) is 0 Å². The third-order valence-electron chi connectivity index (χ3n) is 3.20. The molecule has 1 heterocycles. The fourth-order valence-corrected chi connectivity index (χ4v) is 2.22. The Bertz CT molecular complexity index is 846. The number of carbonyl (C=O) groups is 1. The predicted octanol–water partition coefficient (Wildman–Crippen LogP) is 2.61. The Morgan fingerprint density at radius 2 is 1.71 bits per heavy atom. The van der Waals surface area contributed by atoms with E-state index in [1.807, 2.05) is 0 Å². The number of carbonyl (C=O) groups excluding carboxylic acids is 1. The van der Waals surface area contributed by atoms with Crippen LogP contribution in [-0.4, -0.2) is 10.8 Å². The second-order valence-electron chi connectivity index (χ2n) is 4.86. The highest BCUT2D eigenvalue weighted by Gasteiger charge is 2.08. The molecule has 21 heavy (non-hydrogen) atoms. The second kappa shape index (κ2) is 5.36. The van der Waals surface area contributed by atoms with E-state index in [1.165, 1.54) is 12.1 Å². The first-order valence-electron chi connectivity index (χ1n) is 6.48. The van der Waals surface area contributed by atoms with Crippen LogP contribution in [0.2, 0.25) is 0 Å². The standard InChI is InChI=1S/C16H12FNO3/c17-12-4-1-10(2-5-12)7-13(19)8-11-3-6-14-15(9-11)21-16(20)18-14/h1-6,9H,7-8H2,(H,18,20). The molecule has 4 nitrogen and oxygen atoms in total. The molecule has 1 N–H and O–H groups in total. The van der Waals surface area contributed by atoms with E-state index in [1.54, 1.807) is 30.3 Å². The Hall–Kier alpha value is -2.69. The summed E-state index contributed by atoms with van der Waals surface area (Å²) in [6.07, 6.45) is 0.484. The number of nitrogens with one attached hydrogen (secondary N) is 1. The van der Waals surface area contributed by atoms with Gasteiger partial charge in [0.25, 0.3) is 0 Å². The van der Waals surface area contributed by atoms with E-state index in [0.29, 0.717) is 11.1 Å². The fraction of sp³-hybridized carbons (Fsp3) is 0.125. The Balaban J connectivity index is 1.73. The van der Waals surface area contributed by atoms with Crippen molar-refractivity contribution in [1.82, 2.24) is 4.98 Å². The Morgan fingerprint density at radius 1 is 1.05 bits per heavy atom. The van der Waals surface area contributed by atoms with Crippen molar-refractivity contribution >= 4 is 16.9 Å². The van der Waals surface area contributed by atoms with Gasteiger partial charge in [-0.05, 0) is 35.4 Å². The lowest BCUT2D eigenvalue weighted by atomic mass is 10.0. The average molecular weight is 285 g/mol. The van der Waals surface area contributed by atoms with Gasteiger partial charge in [-0.3, -0.25) is 9.78 Å². The van der Waals surface area contributed by atoms with Crippen molar-refractivity contribution in [3.8, 4) is 0 Å². The summed E-state index contributed by atoms with van der Waals surface area (Å²) < 4.78 is 17.8. The molecule has 0 amide bonds. The highest BCUT2D eigenvalue weighted by molar-refractivity contribution is 5.84. The molecule has 0 saturated carbocycles. The third-order valence-corrected chi connectivity index (χ3v) is 3.20. The summed E-state index contributed by atoms with van der Waals surface area (Å²) in [5, 5.41) is 0. The maximum Gasteiger partial charge on any atom is 0.417 e. The van der Waals surface area contributed by atoms with Gasteiger partial charge in [0.1, 0.15) is 11.6 Å². The van der Waals surface area contributed by atoms with E-state index in [9.17, 15) is 14.0 Å². The number of hydrogen-bond acceptors (Lipinski definition) is 3. The van der Waals surface area contributed by atoms with E-state index in [2.05, 4.69) is 4.98 Å². The summed E-state index contributed by atoms with van der Waals surface area (Å²) >= 11 is 0. The van der Waals surface area contributed by atoms with Crippen molar-refractivity contribution < 1.29 is 13.6 Å². The number of fused-ring (bicyclic) bond motifs is 1. The quantitative estimate of drug-likeness (QED) is 0.801. The minimum atomic E-state index is -0.514. The number of halogens is 1. The zero-order chi connectivity index (χ0) is 14.8. The molecular weight excluding hydrogens is 273 g/mol. The van der Waals surface area contributed by atoms with E-state index in [0.717, 1.165) is 11.1 Å². The fourth-order valence-electron chi connectivity index (χ4n) is 2.22. The van der Waals surface area contributed by atoms with E-state index in [-0.39, 0.29) is 24.4 Å². The monoisotopic (exact) mass is 285 g/mol. The summed E-state index contributed by atoms with van der Waals surface area (Å²) in [4.78, 5) is 25.6. The van der Waals surface area contributed by atoms with Gasteiger partial charge in [0.05, 0.1) is 5.52 Å². The van der Waals surface area contributed by atoms with Crippen molar-refractivity contribution in [3.63, 3.8) is 0 Å². The van der Waals surface area contributed by atoms with Crippen LogP contribution in [0.1, 0.15) is 11.1 Å². The molecule has 0 aliphatic rings. The molecular formula is C16H12FNO3. The molecule has 0 fully saturated rings. The van der Waals surface area contributed by atoms with Crippen LogP contribution in [0.25, 0.3) is 11.1 Å². The number of aromatic amines is 1.